The van der Waals surface area contributed by atoms with Crippen molar-refractivity contribution in [3.05, 3.63) is 35.9 Å². The lowest BCUT2D eigenvalue weighted by Crippen LogP contribution is -2.10. The molecule has 18 heavy (non-hydrogen) atoms. The van der Waals surface area contributed by atoms with Crippen LogP contribution in [0.4, 0.5) is 0 Å². The Hall–Kier alpha value is -2.32. The van der Waals surface area contributed by atoms with Crippen molar-refractivity contribution in [2.75, 3.05) is 0 Å². The number of hydrogen-bond donors (Lipinski definition) is 0. The first-order valence-corrected chi connectivity index (χ1v) is 5.57. The van der Waals surface area contributed by atoms with Crippen LogP contribution in [-0.4, -0.2) is 11.6 Å². The van der Waals surface area contributed by atoms with Gasteiger partial charge in [0, 0.05) is 11.0 Å². The molecule has 0 aliphatic heterocycles. The van der Waals surface area contributed by atoms with Gasteiger partial charge >= 0.3 is 0 Å². The summed E-state index contributed by atoms with van der Waals surface area (Å²) in [4.78, 5) is 22.8. The monoisotopic (exact) mass is 238 g/mol. The van der Waals surface area contributed by atoms with Crippen LogP contribution in [0.3, 0.4) is 0 Å². The van der Waals surface area contributed by atoms with Gasteiger partial charge in [0.25, 0.3) is 11.6 Å². The molecule has 1 aromatic carbocycles. The van der Waals surface area contributed by atoms with Crippen LogP contribution in [0.2, 0.25) is 0 Å². The van der Waals surface area contributed by atoms with Crippen molar-refractivity contribution in [1.82, 2.24) is 0 Å². The summed E-state index contributed by atoms with van der Waals surface area (Å²) in [6.45, 7) is 5.61. The van der Waals surface area contributed by atoms with Crippen LogP contribution in [-0.2, 0) is 9.59 Å². The van der Waals surface area contributed by atoms with Crippen LogP contribution in [0.5, 0.6) is 0 Å². The first-order valence-electron chi connectivity index (χ1n) is 5.57. The fourth-order valence-electron chi connectivity index (χ4n) is 1.01. The molecule has 0 spiro atoms. The van der Waals surface area contributed by atoms with Crippen molar-refractivity contribution in [1.29, 1.82) is 0 Å². The van der Waals surface area contributed by atoms with E-state index in [1.165, 1.54) is 0 Å². The summed E-state index contributed by atoms with van der Waals surface area (Å²) < 4.78 is 0. The summed E-state index contributed by atoms with van der Waals surface area (Å²) in [6.07, 6.45) is 0. The lowest BCUT2D eigenvalue weighted by Gasteiger charge is -2.05. The number of benzene rings is 1. The second-order valence-corrected chi connectivity index (χ2v) is 4.77. The molecule has 0 amide bonds. The van der Waals surface area contributed by atoms with Gasteiger partial charge in [-0.05, 0) is 44.7 Å². The molecule has 0 aliphatic rings. The Kier molecular flexibility index (Phi) is 4.46. The van der Waals surface area contributed by atoms with Gasteiger partial charge in [-0.1, -0.05) is 30.0 Å². The Morgan fingerprint density at radius 3 is 2.06 bits per heavy atom. The van der Waals surface area contributed by atoms with E-state index >= 15 is 0 Å². The van der Waals surface area contributed by atoms with Crippen molar-refractivity contribution in [3.8, 4) is 23.7 Å². The van der Waals surface area contributed by atoms with Crippen LogP contribution in [0.25, 0.3) is 0 Å². The van der Waals surface area contributed by atoms with Gasteiger partial charge in [-0.2, -0.15) is 0 Å². The molecule has 90 valence electrons. The standard InChI is InChI=1S/C16H14O2/c1-16(2,3)12-11-15(18)14(17)10-9-13-7-5-4-6-8-13/h4-8H,1-3H3. The van der Waals surface area contributed by atoms with Crippen LogP contribution in [0.15, 0.2) is 30.3 Å². The highest BCUT2D eigenvalue weighted by Crippen LogP contribution is 2.09. The van der Waals surface area contributed by atoms with Gasteiger partial charge in [-0.25, -0.2) is 0 Å². The number of hydrogen-bond acceptors (Lipinski definition) is 2. The van der Waals surface area contributed by atoms with E-state index in [1.54, 1.807) is 12.1 Å². The molecule has 0 radical (unpaired) electrons. The molecule has 2 nitrogen and oxygen atoms in total. The fourth-order valence-corrected chi connectivity index (χ4v) is 1.01. The highest BCUT2D eigenvalue weighted by Gasteiger charge is 2.09. The first kappa shape index (κ1) is 13.7. The zero-order valence-corrected chi connectivity index (χ0v) is 10.7. The van der Waals surface area contributed by atoms with Crippen molar-refractivity contribution in [2.45, 2.75) is 20.8 Å². The third-order valence-electron chi connectivity index (χ3n) is 1.85. The molecule has 0 heterocycles. The van der Waals surface area contributed by atoms with E-state index in [1.807, 2.05) is 39.0 Å². The summed E-state index contributed by atoms with van der Waals surface area (Å²) in [6, 6.07) is 9.02. The van der Waals surface area contributed by atoms with Gasteiger partial charge in [0.1, 0.15) is 0 Å². The van der Waals surface area contributed by atoms with Gasteiger partial charge in [0.2, 0.25) is 0 Å². The lowest BCUT2D eigenvalue weighted by atomic mass is 9.97. The summed E-state index contributed by atoms with van der Waals surface area (Å²) in [5, 5.41) is 0. The quantitative estimate of drug-likeness (QED) is 0.427. The Balaban J connectivity index is 2.76. The molecule has 0 bridgehead atoms. The molecule has 0 saturated heterocycles. The third-order valence-corrected chi connectivity index (χ3v) is 1.85. The molecular weight excluding hydrogens is 224 g/mol. The molecule has 1 rings (SSSR count). The smallest absolute Gasteiger partial charge is 0.275 e. The average molecular weight is 238 g/mol. The maximum Gasteiger partial charge on any atom is 0.285 e. The molecule has 0 aromatic heterocycles. The van der Waals surface area contributed by atoms with E-state index in [4.69, 9.17) is 0 Å². The summed E-state index contributed by atoms with van der Waals surface area (Å²) in [5.74, 6) is 8.43. The molecule has 1 aromatic rings. The molecule has 0 fully saturated rings. The minimum Gasteiger partial charge on any atom is -0.275 e. The number of ketones is 2. The molecule has 0 unspecified atom stereocenters. The van der Waals surface area contributed by atoms with Gasteiger partial charge in [-0.3, -0.25) is 9.59 Å². The Morgan fingerprint density at radius 2 is 1.50 bits per heavy atom. The Labute approximate surface area is 107 Å². The van der Waals surface area contributed by atoms with Crippen molar-refractivity contribution in [2.24, 2.45) is 5.41 Å². The molecule has 0 aliphatic carbocycles. The van der Waals surface area contributed by atoms with Gasteiger partial charge in [0.15, 0.2) is 0 Å². The lowest BCUT2D eigenvalue weighted by molar-refractivity contribution is -0.129. The Bertz CT molecular complexity index is 567. The predicted molar refractivity (Wildman–Crippen MR) is 70.6 cm³/mol. The predicted octanol–water partition coefficient (Wildman–Crippen LogP) is 2.23. The van der Waals surface area contributed by atoms with E-state index in [0.717, 1.165) is 0 Å². The van der Waals surface area contributed by atoms with Crippen LogP contribution in [0, 0.1) is 29.1 Å². The molecule has 0 N–H and O–H groups in total. The molecule has 2 heteroatoms. The number of rotatable bonds is 1. The largest absolute Gasteiger partial charge is 0.285 e. The fraction of sp³-hybridized carbons (Fsp3) is 0.250. The van der Waals surface area contributed by atoms with E-state index in [2.05, 4.69) is 23.7 Å². The first-order chi connectivity index (χ1) is 8.38. The zero-order valence-electron chi connectivity index (χ0n) is 10.7. The SMILES string of the molecule is CC(C)(C)C#CC(=O)C(=O)C#Cc1ccccc1. The average Bonchev–Trinajstić information content (AvgIpc) is 2.33. The van der Waals surface area contributed by atoms with Crippen LogP contribution in [0.1, 0.15) is 26.3 Å². The van der Waals surface area contributed by atoms with E-state index in [9.17, 15) is 9.59 Å². The minimum absolute atomic E-state index is 0.303. The highest BCUT2D eigenvalue weighted by atomic mass is 16.2. The maximum atomic E-state index is 11.4. The minimum atomic E-state index is -0.768. The van der Waals surface area contributed by atoms with E-state index < -0.39 is 11.6 Å². The zero-order chi connectivity index (χ0) is 13.6. The highest BCUT2D eigenvalue weighted by molar-refractivity contribution is 6.49. The summed E-state index contributed by atoms with van der Waals surface area (Å²) in [7, 11) is 0. The van der Waals surface area contributed by atoms with Crippen molar-refractivity contribution < 1.29 is 9.59 Å². The number of carbonyl (C=O) groups is 2. The van der Waals surface area contributed by atoms with Crippen molar-refractivity contribution in [3.63, 3.8) is 0 Å². The van der Waals surface area contributed by atoms with Crippen LogP contribution < -0.4 is 0 Å². The van der Waals surface area contributed by atoms with Gasteiger partial charge in [0.05, 0.1) is 0 Å². The topological polar surface area (TPSA) is 34.1 Å². The van der Waals surface area contributed by atoms with Gasteiger partial charge in [-0.15, -0.1) is 0 Å². The van der Waals surface area contributed by atoms with E-state index in [0.29, 0.717) is 5.56 Å². The second kappa shape index (κ2) is 5.84. The molecular formula is C16H14O2. The van der Waals surface area contributed by atoms with Crippen LogP contribution >= 0.6 is 0 Å². The number of carbonyl (C=O) groups excluding carboxylic acids is 2. The van der Waals surface area contributed by atoms with Gasteiger partial charge < -0.3 is 0 Å². The Morgan fingerprint density at radius 1 is 0.944 bits per heavy atom. The van der Waals surface area contributed by atoms with Crippen molar-refractivity contribution >= 4 is 11.6 Å². The van der Waals surface area contributed by atoms with E-state index in [-0.39, 0.29) is 5.41 Å². The summed E-state index contributed by atoms with van der Waals surface area (Å²) in [5.41, 5.74) is 0.394. The summed E-state index contributed by atoms with van der Waals surface area (Å²) >= 11 is 0. The number of Topliss-reactive ketones (excluding diaryl/α,β-unsaturated/α-hetero) is 2. The second-order valence-electron chi connectivity index (χ2n) is 4.77. The maximum absolute atomic E-state index is 11.4. The molecule has 0 atom stereocenters. The normalized spacial score (nSPS) is 9.50. The molecule has 0 saturated carbocycles. The third kappa shape index (κ3) is 5.14.